The predicted molar refractivity (Wildman–Crippen MR) is 174 cm³/mol. The van der Waals surface area contributed by atoms with Gasteiger partial charge in [0.25, 0.3) is 0 Å². The summed E-state index contributed by atoms with van der Waals surface area (Å²) in [7, 11) is 0. The largest absolute Gasteiger partial charge is 0.457 e. The summed E-state index contributed by atoms with van der Waals surface area (Å²) in [6, 6.07) is 18.3. The van der Waals surface area contributed by atoms with Gasteiger partial charge in [0.05, 0.1) is 17.9 Å². The number of nitrogens with zero attached hydrogens (tertiary/aromatic N) is 5. The Morgan fingerprint density at radius 2 is 1.82 bits per heavy atom. The molecule has 2 unspecified atom stereocenters. The van der Waals surface area contributed by atoms with E-state index in [4.69, 9.17) is 9.73 Å². The van der Waals surface area contributed by atoms with Crippen LogP contribution in [0.15, 0.2) is 84.2 Å². The third kappa shape index (κ3) is 6.87. The second-order valence-electron chi connectivity index (χ2n) is 11.9. The maximum Gasteiger partial charge on any atom is 0.239 e. The Bertz CT molecular complexity index is 1720. The normalized spacial score (nSPS) is 19.5. The van der Waals surface area contributed by atoms with Crippen molar-refractivity contribution in [3.8, 4) is 22.6 Å². The van der Waals surface area contributed by atoms with E-state index < -0.39 is 0 Å². The number of carbonyl (C=O) groups excluding carboxylic acids is 1. The maximum atomic E-state index is 15.0. The molecule has 3 aliphatic rings. The number of rotatable bonds is 8. The van der Waals surface area contributed by atoms with Crippen LogP contribution in [0.5, 0.6) is 11.5 Å². The van der Waals surface area contributed by atoms with E-state index in [-0.39, 0.29) is 17.6 Å². The fraction of sp³-hybridized carbons (Fsp3) is 0.314. The smallest absolute Gasteiger partial charge is 0.239 e. The van der Waals surface area contributed by atoms with E-state index in [0.717, 1.165) is 73.8 Å². The summed E-state index contributed by atoms with van der Waals surface area (Å²) >= 11 is 0. The van der Waals surface area contributed by atoms with Crippen molar-refractivity contribution < 1.29 is 13.9 Å². The Hall–Kier alpha value is -4.67. The molecule has 2 fully saturated rings. The van der Waals surface area contributed by atoms with Crippen LogP contribution in [0.25, 0.3) is 11.1 Å². The van der Waals surface area contributed by atoms with Crippen molar-refractivity contribution in [3.05, 3.63) is 90.6 Å². The summed E-state index contributed by atoms with van der Waals surface area (Å²) in [4.78, 5) is 30.8. The Morgan fingerprint density at radius 3 is 2.64 bits per heavy atom. The second kappa shape index (κ2) is 12.7. The number of aromatic nitrogens is 2. The Labute approximate surface area is 262 Å². The molecular weight excluding hydrogens is 569 g/mol. The van der Waals surface area contributed by atoms with Crippen LogP contribution < -0.4 is 15.4 Å². The van der Waals surface area contributed by atoms with Crippen LogP contribution in [0.2, 0.25) is 0 Å². The summed E-state index contributed by atoms with van der Waals surface area (Å²) in [6.07, 6.45) is 7.04. The highest BCUT2D eigenvalue weighted by atomic mass is 19.1. The SMILES string of the molecule is CCN1CCN(CC(=O)Nc2cc(Oc3ccc4c(c3)N=C(Nc3cc(-c5cccnc5)ccc3F)C3CC3C4)ccn2)CC1. The minimum atomic E-state index is -0.330. The third-order valence-corrected chi connectivity index (χ3v) is 8.79. The van der Waals surface area contributed by atoms with Gasteiger partial charge >= 0.3 is 0 Å². The number of anilines is 2. The number of piperazine rings is 1. The zero-order valence-corrected chi connectivity index (χ0v) is 25.2. The van der Waals surface area contributed by atoms with Gasteiger partial charge in [0.1, 0.15) is 29.0 Å². The zero-order chi connectivity index (χ0) is 30.8. The van der Waals surface area contributed by atoms with E-state index in [9.17, 15) is 9.18 Å². The lowest BCUT2D eigenvalue weighted by molar-refractivity contribution is -0.117. The summed E-state index contributed by atoms with van der Waals surface area (Å²) in [5.41, 5.74) is 4.14. The van der Waals surface area contributed by atoms with E-state index in [0.29, 0.717) is 35.5 Å². The molecule has 9 nitrogen and oxygen atoms in total. The zero-order valence-electron chi connectivity index (χ0n) is 25.2. The number of nitrogens with one attached hydrogen (secondary N) is 2. The number of amides is 1. The van der Waals surface area contributed by atoms with Crippen molar-refractivity contribution >= 4 is 28.9 Å². The van der Waals surface area contributed by atoms with Crippen LogP contribution in [0.1, 0.15) is 18.9 Å². The molecule has 230 valence electrons. The van der Waals surface area contributed by atoms with E-state index in [2.05, 4.69) is 43.4 Å². The van der Waals surface area contributed by atoms with Gasteiger partial charge in [-0.3, -0.25) is 14.7 Å². The molecule has 0 bridgehead atoms. The first-order chi connectivity index (χ1) is 22.0. The molecular formula is C35H36FN7O2. The van der Waals surface area contributed by atoms with Gasteiger partial charge < -0.3 is 20.3 Å². The quantitative estimate of drug-likeness (QED) is 0.255. The van der Waals surface area contributed by atoms with Crippen LogP contribution >= 0.6 is 0 Å². The first-order valence-corrected chi connectivity index (χ1v) is 15.6. The fourth-order valence-electron chi connectivity index (χ4n) is 6.11. The summed E-state index contributed by atoms with van der Waals surface area (Å²) < 4.78 is 21.1. The van der Waals surface area contributed by atoms with Crippen LogP contribution in [-0.2, 0) is 11.2 Å². The minimum absolute atomic E-state index is 0.0926. The predicted octanol–water partition coefficient (Wildman–Crippen LogP) is 5.99. The number of pyridine rings is 2. The van der Waals surface area contributed by atoms with E-state index in [1.54, 1.807) is 36.8 Å². The number of hydrogen-bond acceptors (Lipinski definition) is 8. The molecule has 2 N–H and O–H groups in total. The Morgan fingerprint density at radius 1 is 0.978 bits per heavy atom. The Balaban J connectivity index is 1.05. The molecule has 1 saturated heterocycles. The summed E-state index contributed by atoms with van der Waals surface area (Å²) in [6.45, 7) is 7.24. The van der Waals surface area contributed by atoms with Crippen molar-refractivity contribution in [1.82, 2.24) is 19.8 Å². The number of carbonyl (C=O) groups is 1. The highest BCUT2D eigenvalue weighted by molar-refractivity contribution is 6.01. The summed E-state index contributed by atoms with van der Waals surface area (Å²) in [5.74, 6) is 2.69. The molecule has 7 rings (SSSR count). The lowest BCUT2D eigenvalue weighted by atomic mass is 10.1. The van der Waals surface area contributed by atoms with Crippen molar-refractivity contribution in [2.45, 2.75) is 19.8 Å². The lowest BCUT2D eigenvalue weighted by Gasteiger charge is -2.33. The lowest BCUT2D eigenvalue weighted by Crippen LogP contribution is -2.48. The number of amidine groups is 1. The standard InChI is InChI=1S/C35H36FN7O2/c1-2-42-12-14-43(15-13-42)22-34(44)41-33-20-28(9-11-38-33)45-27-7-5-24-16-26-17-29(26)35(39-31(24)19-27)40-32-18-23(6-8-30(32)36)25-4-3-10-37-21-25/h3-11,18-21,26,29H,2,12-17,22H2,1H3,(H,39,40)(H,38,41,44). The molecule has 2 atom stereocenters. The van der Waals surface area contributed by atoms with Gasteiger partial charge in [-0.25, -0.2) is 14.4 Å². The van der Waals surface area contributed by atoms with Gasteiger partial charge in [0, 0.05) is 68.4 Å². The van der Waals surface area contributed by atoms with Crippen molar-refractivity contribution in [2.24, 2.45) is 16.8 Å². The van der Waals surface area contributed by atoms with Gasteiger partial charge in [-0.05, 0) is 66.8 Å². The molecule has 1 saturated carbocycles. The van der Waals surface area contributed by atoms with Crippen molar-refractivity contribution in [2.75, 3.05) is 49.9 Å². The van der Waals surface area contributed by atoms with E-state index >= 15 is 0 Å². The van der Waals surface area contributed by atoms with Crippen LogP contribution in [0.3, 0.4) is 0 Å². The number of likely N-dealkylation sites (N-methyl/N-ethyl adjacent to an activating group) is 1. The minimum Gasteiger partial charge on any atom is -0.457 e. The fourth-order valence-corrected chi connectivity index (χ4v) is 6.11. The molecule has 1 amide bonds. The average Bonchev–Trinajstić information content (AvgIpc) is 3.84. The van der Waals surface area contributed by atoms with Gasteiger partial charge in [0.2, 0.25) is 5.91 Å². The van der Waals surface area contributed by atoms with Gasteiger partial charge in [-0.15, -0.1) is 0 Å². The van der Waals surface area contributed by atoms with Gasteiger partial charge in [-0.2, -0.15) is 0 Å². The first-order valence-electron chi connectivity index (χ1n) is 15.6. The molecule has 2 aromatic carbocycles. The van der Waals surface area contributed by atoms with E-state index in [1.165, 1.54) is 6.07 Å². The van der Waals surface area contributed by atoms with Crippen LogP contribution in [0, 0.1) is 17.7 Å². The van der Waals surface area contributed by atoms with Crippen molar-refractivity contribution in [3.63, 3.8) is 0 Å². The molecule has 2 aliphatic heterocycles. The molecule has 45 heavy (non-hydrogen) atoms. The number of halogens is 1. The number of hydrogen-bond donors (Lipinski definition) is 2. The Kier molecular flexibility index (Phi) is 8.23. The number of benzene rings is 2. The molecule has 0 spiro atoms. The highest BCUT2D eigenvalue weighted by Gasteiger charge is 2.43. The average molecular weight is 606 g/mol. The molecule has 1 aliphatic carbocycles. The number of aliphatic imine (C=N–C) groups is 1. The van der Waals surface area contributed by atoms with E-state index in [1.807, 2.05) is 30.3 Å². The topological polar surface area (TPSA) is 95.0 Å². The molecule has 4 heterocycles. The first kappa shape index (κ1) is 29.1. The van der Waals surface area contributed by atoms with Gasteiger partial charge in [-0.1, -0.05) is 25.1 Å². The molecule has 0 radical (unpaired) electrons. The monoisotopic (exact) mass is 605 g/mol. The summed E-state index contributed by atoms with van der Waals surface area (Å²) in [5, 5.41) is 6.23. The molecule has 10 heteroatoms. The number of fused-ring (bicyclic) bond motifs is 2. The third-order valence-electron chi connectivity index (χ3n) is 8.79. The van der Waals surface area contributed by atoms with Crippen LogP contribution in [0.4, 0.5) is 21.6 Å². The molecule has 4 aromatic rings. The van der Waals surface area contributed by atoms with Crippen molar-refractivity contribution in [1.29, 1.82) is 0 Å². The van der Waals surface area contributed by atoms with Gasteiger partial charge in [0.15, 0.2) is 0 Å². The maximum absolute atomic E-state index is 15.0. The number of ether oxygens (including phenoxy) is 1. The second-order valence-corrected chi connectivity index (χ2v) is 11.9. The van der Waals surface area contributed by atoms with Crippen LogP contribution in [-0.4, -0.2) is 70.8 Å². The highest BCUT2D eigenvalue weighted by Crippen LogP contribution is 2.47. The molecule has 2 aromatic heterocycles.